The molecule has 0 atom stereocenters. The Labute approximate surface area is 157 Å². The standard InChI is InChI=1S/C18H25N5O4/c1-26-7-6-23-15(10-24)20-21-17(23)11-8-12(9-11)19-18(25)16-13-4-2-3-5-14(13)22-27-16/h11-12,24H,2-10H2,1H3,(H,19,25). The number of aryl methyl sites for hydroxylation is 1. The van der Waals surface area contributed by atoms with E-state index in [0.29, 0.717) is 24.7 Å². The lowest BCUT2D eigenvalue weighted by Crippen LogP contribution is -2.44. The van der Waals surface area contributed by atoms with Gasteiger partial charge in [-0.1, -0.05) is 5.16 Å². The topological polar surface area (TPSA) is 115 Å². The van der Waals surface area contributed by atoms with Gasteiger partial charge in [-0.05, 0) is 38.5 Å². The molecule has 1 amide bonds. The first-order chi connectivity index (χ1) is 13.2. The van der Waals surface area contributed by atoms with Gasteiger partial charge in [0.2, 0.25) is 5.76 Å². The number of ether oxygens (including phenoxy) is 1. The van der Waals surface area contributed by atoms with Gasteiger partial charge < -0.3 is 24.3 Å². The maximum Gasteiger partial charge on any atom is 0.290 e. The number of carbonyl (C=O) groups excluding carboxylic acids is 1. The van der Waals surface area contributed by atoms with Crippen molar-refractivity contribution >= 4 is 5.91 Å². The predicted octanol–water partition coefficient (Wildman–Crippen LogP) is 0.960. The molecule has 2 aromatic rings. The van der Waals surface area contributed by atoms with Gasteiger partial charge in [0.15, 0.2) is 5.82 Å². The number of nitrogens with one attached hydrogen (secondary N) is 1. The first-order valence-electron chi connectivity index (χ1n) is 9.51. The van der Waals surface area contributed by atoms with Crippen LogP contribution in [-0.2, 0) is 30.7 Å². The first kappa shape index (κ1) is 18.1. The summed E-state index contributed by atoms with van der Waals surface area (Å²) in [6, 6.07) is 0.0805. The number of aliphatic hydroxyl groups is 1. The van der Waals surface area contributed by atoms with E-state index in [1.54, 1.807) is 7.11 Å². The van der Waals surface area contributed by atoms with E-state index in [1.807, 2.05) is 4.57 Å². The highest BCUT2D eigenvalue weighted by atomic mass is 16.5. The molecule has 9 heteroatoms. The van der Waals surface area contributed by atoms with Crippen LogP contribution in [0.2, 0.25) is 0 Å². The first-order valence-corrected chi connectivity index (χ1v) is 9.51. The van der Waals surface area contributed by atoms with E-state index in [9.17, 15) is 9.90 Å². The summed E-state index contributed by atoms with van der Waals surface area (Å²) in [7, 11) is 1.64. The Balaban J connectivity index is 1.37. The summed E-state index contributed by atoms with van der Waals surface area (Å²) >= 11 is 0. The lowest BCUT2D eigenvalue weighted by Gasteiger charge is -2.35. The van der Waals surface area contributed by atoms with Crippen molar-refractivity contribution in [3.05, 3.63) is 28.7 Å². The van der Waals surface area contributed by atoms with Crippen molar-refractivity contribution in [3.8, 4) is 0 Å². The van der Waals surface area contributed by atoms with E-state index in [2.05, 4.69) is 20.7 Å². The quantitative estimate of drug-likeness (QED) is 0.740. The van der Waals surface area contributed by atoms with Crippen LogP contribution in [0.1, 0.15) is 65.1 Å². The number of rotatable bonds is 7. The molecule has 0 aliphatic heterocycles. The van der Waals surface area contributed by atoms with Crippen LogP contribution >= 0.6 is 0 Å². The molecule has 2 heterocycles. The summed E-state index contributed by atoms with van der Waals surface area (Å²) in [5.41, 5.74) is 1.90. The van der Waals surface area contributed by atoms with Crippen LogP contribution in [0.3, 0.4) is 0 Å². The number of amides is 1. The number of hydrogen-bond donors (Lipinski definition) is 2. The molecule has 0 radical (unpaired) electrons. The number of nitrogens with zero attached hydrogens (tertiary/aromatic N) is 4. The maximum absolute atomic E-state index is 12.6. The Kier molecular flexibility index (Phi) is 5.22. The fourth-order valence-corrected chi connectivity index (χ4v) is 3.96. The van der Waals surface area contributed by atoms with Crippen molar-refractivity contribution in [1.29, 1.82) is 0 Å². The molecule has 0 spiro atoms. The third-order valence-electron chi connectivity index (χ3n) is 5.52. The second kappa shape index (κ2) is 7.77. The van der Waals surface area contributed by atoms with Gasteiger partial charge in [0.05, 0.1) is 12.3 Å². The zero-order chi connectivity index (χ0) is 18.8. The third-order valence-corrected chi connectivity index (χ3v) is 5.52. The molecule has 0 saturated heterocycles. The molecular formula is C18H25N5O4. The Morgan fingerprint density at radius 1 is 1.33 bits per heavy atom. The highest BCUT2D eigenvalue weighted by Gasteiger charge is 2.36. The van der Waals surface area contributed by atoms with Gasteiger partial charge in [-0.2, -0.15) is 0 Å². The number of methoxy groups -OCH3 is 1. The predicted molar refractivity (Wildman–Crippen MR) is 94.2 cm³/mol. The minimum absolute atomic E-state index is 0.0805. The van der Waals surface area contributed by atoms with Crippen LogP contribution in [0.4, 0.5) is 0 Å². The minimum atomic E-state index is -0.175. The van der Waals surface area contributed by atoms with Crippen molar-refractivity contribution in [2.24, 2.45) is 0 Å². The summed E-state index contributed by atoms with van der Waals surface area (Å²) in [6.45, 7) is 0.980. The third kappa shape index (κ3) is 3.49. The van der Waals surface area contributed by atoms with Gasteiger partial charge >= 0.3 is 0 Å². The molecule has 1 fully saturated rings. The smallest absolute Gasteiger partial charge is 0.290 e. The van der Waals surface area contributed by atoms with Crippen molar-refractivity contribution < 1.29 is 19.2 Å². The van der Waals surface area contributed by atoms with E-state index in [-0.39, 0.29) is 24.5 Å². The number of aliphatic hydroxyl groups excluding tert-OH is 1. The summed E-state index contributed by atoms with van der Waals surface area (Å²) in [5.74, 6) is 1.80. The molecule has 2 aliphatic carbocycles. The minimum Gasteiger partial charge on any atom is -0.388 e. The molecule has 27 heavy (non-hydrogen) atoms. The number of aromatic nitrogens is 4. The van der Waals surface area contributed by atoms with Crippen molar-refractivity contribution in [2.45, 2.75) is 63.6 Å². The van der Waals surface area contributed by atoms with Crippen LogP contribution in [0.15, 0.2) is 4.52 Å². The van der Waals surface area contributed by atoms with Gasteiger partial charge in [0.25, 0.3) is 5.91 Å². The Hall–Kier alpha value is -2.26. The lowest BCUT2D eigenvalue weighted by molar-refractivity contribution is 0.0867. The molecule has 146 valence electrons. The fraction of sp³-hybridized carbons (Fsp3) is 0.667. The molecule has 9 nitrogen and oxygen atoms in total. The molecule has 0 unspecified atom stereocenters. The summed E-state index contributed by atoms with van der Waals surface area (Å²) in [6.07, 6.45) is 5.51. The zero-order valence-electron chi connectivity index (χ0n) is 15.5. The average Bonchev–Trinajstić information content (AvgIpc) is 3.26. The summed E-state index contributed by atoms with van der Waals surface area (Å²) in [5, 5.41) is 24.8. The largest absolute Gasteiger partial charge is 0.388 e. The van der Waals surface area contributed by atoms with Gasteiger partial charge in [-0.3, -0.25) is 4.79 Å². The molecule has 2 N–H and O–H groups in total. The van der Waals surface area contributed by atoms with Gasteiger partial charge in [-0.15, -0.1) is 10.2 Å². The van der Waals surface area contributed by atoms with Crippen LogP contribution in [0, 0.1) is 0 Å². The van der Waals surface area contributed by atoms with Crippen LogP contribution in [-0.4, -0.2) is 50.7 Å². The Morgan fingerprint density at radius 2 is 2.15 bits per heavy atom. The molecule has 0 aromatic carbocycles. The normalized spacial score (nSPS) is 21.6. The molecule has 2 aromatic heterocycles. The van der Waals surface area contributed by atoms with Gasteiger partial charge in [0, 0.05) is 31.2 Å². The highest BCUT2D eigenvalue weighted by molar-refractivity contribution is 5.93. The summed E-state index contributed by atoms with van der Waals surface area (Å²) in [4.78, 5) is 12.6. The van der Waals surface area contributed by atoms with Crippen LogP contribution in [0.25, 0.3) is 0 Å². The van der Waals surface area contributed by atoms with E-state index < -0.39 is 0 Å². The number of hydrogen-bond acceptors (Lipinski definition) is 7. The van der Waals surface area contributed by atoms with Crippen molar-refractivity contribution in [3.63, 3.8) is 0 Å². The monoisotopic (exact) mass is 375 g/mol. The Morgan fingerprint density at radius 3 is 2.93 bits per heavy atom. The van der Waals surface area contributed by atoms with Gasteiger partial charge in [0.1, 0.15) is 12.4 Å². The van der Waals surface area contributed by atoms with Crippen LogP contribution in [0.5, 0.6) is 0 Å². The molecule has 4 rings (SSSR count). The average molecular weight is 375 g/mol. The second-order valence-corrected chi connectivity index (χ2v) is 7.26. The molecule has 0 bridgehead atoms. The van der Waals surface area contributed by atoms with Crippen molar-refractivity contribution in [1.82, 2.24) is 25.2 Å². The second-order valence-electron chi connectivity index (χ2n) is 7.26. The fourth-order valence-electron chi connectivity index (χ4n) is 3.96. The number of fused-ring (bicyclic) bond motifs is 1. The Bertz CT molecular complexity index is 809. The number of carbonyl (C=O) groups is 1. The zero-order valence-corrected chi connectivity index (χ0v) is 15.5. The van der Waals surface area contributed by atoms with E-state index in [4.69, 9.17) is 9.26 Å². The SMILES string of the molecule is COCCn1c(CO)nnc1C1CC(NC(=O)c2onc3c2CCCC3)C1. The van der Waals surface area contributed by atoms with Crippen molar-refractivity contribution in [2.75, 3.05) is 13.7 Å². The van der Waals surface area contributed by atoms with E-state index in [1.165, 1.54) is 0 Å². The van der Waals surface area contributed by atoms with E-state index >= 15 is 0 Å². The summed E-state index contributed by atoms with van der Waals surface area (Å²) < 4.78 is 12.4. The van der Waals surface area contributed by atoms with E-state index in [0.717, 1.165) is 55.6 Å². The lowest BCUT2D eigenvalue weighted by atomic mass is 9.79. The van der Waals surface area contributed by atoms with Gasteiger partial charge in [-0.25, -0.2) is 0 Å². The highest BCUT2D eigenvalue weighted by Crippen LogP contribution is 2.36. The molecular weight excluding hydrogens is 350 g/mol. The molecule has 2 aliphatic rings. The maximum atomic E-state index is 12.6. The van der Waals surface area contributed by atoms with Crippen LogP contribution < -0.4 is 5.32 Å². The molecule has 1 saturated carbocycles.